The first-order valence-electron chi connectivity index (χ1n) is 13.2. The zero-order valence-electron chi connectivity index (χ0n) is 22.2. The van der Waals surface area contributed by atoms with Crippen LogP contribution >= 0.6 is 0 Å². The predicted molar refractivity (Wildman–Crippen MR) is 143 cm³/mol. The maximum atomic E-state index is 14.0. The zero-order valence-corrected chi connectivity index (χ0v) is 22.2. The quantitative estimate of drug-likeness (QED) is 0.514. The molecule has 0 saturated carbocycles. The minimum Gasteiger partial charge on any atom is -0.497 e. The molecule has 0 bridgehead atoms. The maximum absolute atomic E-state index is 14.0. The van der Waals surface area contributed by atoms with Crippen molar-refractivity contribution in [1.29, 1.82) is 0 Å². The average Bonchev–Trinajstić information content (AvgIpc) is 3.58. The predicted octanol–water partition coefficient (Wildman–Crippen LogP) is 2.95. The second-order valence-corrected chi connectivity index (χ2v) is 10.2. The molecule has 1 spiro atoms. The van der Waals surface area contributed by atoms with Crippen LogP contribution in [0.2, 0.25) is 0 Å². The van der Waals surface area contributed by atoms with Crippen molar-refractivity contribution in [3.05, 3.63) is 59.7 Å². The first-order valence-corrected chi connectivity index (χ1v) is 13.2. The van der Waals surface area contributed by atoms with Crippen LogP contribution in [0, 0.1) is 0 Å². The summed E-state index contributed by atoms with van der Waals surface area (Å²) in [4.78, 5) is 32.1. The number of nitrogens with one attached hydrogen (secondary N) is 2. The Labute approximate surface area is 223 Å². The van der Waals surface area contributed by atoms with Gasteiger partial charge in [-0.3, -0.25) is 15.8 Å². The summed E-state index contributed by atoms with van der Waals surface area (Å²) < 4.78 is 15.7. The number of hydrogen-bond donors (Lipinski definition) is 2. The Morgan fingerprint density at radius 3 is 2.45 bits per heavy atom. The van der Waals surface area contributed by atoms with Gasteiger partial charge in [0.15, 0.2) is 0 Å². The molecule has 3 aliphatic heterocycles. The van der Waals surface area contributed by atoms with Gasteiger partial charge in [0.05, 0.1) is 25.8 Å². The Kier molecular flexibility index (Phi) is 8.01. The van der Waals surface area contributed by atoms with Crippen molar-refractivity contribution >= 4 is 17.8 Å². The number of amides is 3. The minimum absolute atomic E-state index is 0.0131. The molecule has 3 saturated heterocycles. The molecule has 10 heteroatoms. The molecule has 3 fully saturated rings. The van der Waals surface area contributed by atoms with E-state index in [2.05, 4.69) is 35.1 Å². The van der Waals surface area contributed by atoms with Crippen LogP contribution in [0.15, 0.2) is 48.5 Å². The van der Waals surface area contributed by atoms with E-state index in [9.17, 15) is 9.59 Å². The van der Waals surface area contributed by atoms with Gasteiger partial charge in [-0.2, -0.15) is 0 Å². The number of urea groups is 1. The van der Waals surface area contributed by atoms with Crippen molar-refractivity contribution in [3.63, 3.8) is 0 Å². The molecular formula is C28H37N5O5. The van der Waals surface area contributed by atoms with E-state index in [1.165, 1.54) is 5.56 Å². The highest BCUT2D eigenvalue weighted by molar-refractivity contribution is 5.95. The lowest BCUT2D eigenvalue weighted by molar-refractivity contribution is 0.0419. The van der Waals surface area contributed by atoms with E-state index in [0.29, 0.717) is 51.5 Å². The smallest absolute Gasteiger partial charge is 0.409 e. The van der Waals surface area contributed by atoms with E-state index in [-0.39, 0.29) is 24.3 Å². The van der Waals surface area contributed by atoms with Crippen molar-refractivity contribution in [3.8, 4) is 5.75 Å². The lowest BCUT2D eigenvalue weighted by atomic mass is 9.86. The van der Waals surface area contributed by atoms with Crippen LogP contribution in [0.3, 0.4) is 0 Å². The summed E-state index contributed by atoms with van der Waals surface area (Å²) in [6, 6.07) is 16.2. The molecule has 2 aromatic carbocycles. The van der Waals surface area contributed by atoms with Gasteiger partial charge in [0.25, 0.3) is 0 Å². The first-order chi connectivity index (χ1) is 18.5. The summed E-state index contributed by atoms with van der Waals surface area (Å²) in [5.41, 5.74) is 9.12. The third-order valence-electron chi connectivity index (χ3n) is 7.93. The van der Waals surface area contributed by atoms with Crippen molar-refractivity contribution in [1.82, 2.24) is 20.7 Å². The third-order valence-corrected chi connectivity index (χ3v) is 7.93. The van der Waals surface area contributed by atoms with Gasteiger partial charge < -0.3 is 24.0 Å². The molecule has 2 N–H and O–H groups in total. The fourth-order valence-corrected chi connectivity index (χ4v) is 5.65. The number of hydrogen-bond acceptors (Lipinski definition) is 7. The number of methoxy groups -OCH3 is 2. The average molecular weight is 524 g/mol. The van der Waals surface area contributed by atoms with E-state index in [0.717, 1.165) is 30.1 Å². The lowest BCUT2D eigenvalue weighted by Gasteiger charge is -2.43. The Bertz CT molecular complexity index is 1110. The van der Waals surface area contributed by atoms with Gasteiger partial charge in [-0.1, -0.05) is 24.3 Å². The zero-order chi connectivity index (χ0) is 26.5. The summed E-state index contributed by atoms with van der Waals surface area (Å²) in [7, 11) is 3.22. The third kappa shape index (κ3) is 5.43. The molecule has 2 aromatic rings. The molecule has 0 aliphatic carbocycles. The number of piperidine rings is 1. The monoisotopic (exact) mass is 523 g/mol. The number of likely N-dealkylation sites (tertiary alicyclic amines) is 1. The Balaban J connectivity index is 1.36. The molecule has 5 rings (SSSR count). The minimum atomic E-state index is -0.387. The van der Waals surface area contributed by atoms with Gasteiger partial charge in [-0.15, -0.1) is 0 Å². The molecule has 3 amide bonds. The number of hydrazine groups is 1. The lowest BCUT2D eigenvalue weighted by Crippen LogP contribution is -2.55. The number of benzene rings is 2. The highest BCUT2D eigenvalue weighted by atomic mass is 16.6. The van der Waals surface area contributed by atoms with Crippen molar-refractivity contribution in [2.75, 3.05) is 65.1 Å². The van der Waals surface area contributed by atoms with Crippen LogP contribution in [-0.2, 0) is 16.0 Å². The Morgan fingerprint density at radius 1 is 1.03 bits per heavy atom. The van der Waals surface area contributed by atoms with E-state index in [4.69, 9.17) is 14.2 Å². The fourth-order valence-electron chi connectivity index (χ4n) is 5.65. The van der Waals surface area contributed by atoms with Crippen LogP contribution in [0.4, 0.5) is 15.3 Å². The largest absolute Gasteiger partial charge is 0.497 e. The second kappa shape index (κ2) is 11.6. The first kappa shape index (κ1) is 26.3. The standard InChI is InChI=1S/C28H37N5O5/c1-36-14-15-38-27(35)31-12-10-28(11-13-31)20-32(24-8-6-22(7-9-24)23-17-29-30-18-23)26(34)33(28)19-21-4-3-5-25(16-21)37-2/h3-9,16,23,29-30H,10-15,17-20H2,1-2H3. The Morgan fingerprint density at radius 2 is 1.76 bits per heavy atom. The summed E-state index contributed by atoms with van der Waals surface area (Å²) >= 11 is 0. The molecular weight excluding hydrogens is 486 g/mol. The number of anilines is 1. The molecule has 0 atom stereocenters. The van der Waals surface area contributed by atoms with Crippen LogP contribution in [0.25, 0.3) is 0 Å². The molecule has 0 aromatic heterocycles. The van der Waals surface area contributed by atoms with Crippen LogP contribution in [0.5, 0.6) is 5.75 Å². The SMILES string of the molecule is COCCOC(=O)N1CCC2(CC1)CN(c1ccc(C3CNNC3)cc1)C(=O)N2Cc1cccc(OC)c1. The van der Waals surface area contributed by atoms with Gasteiger partial charge in [-0.25, -0.2) is 9.59 Å². The second-order valence-electron chi connectivity index (χ2n) is 10.2. The molecule has 204 valence electrons. The molecule has 0 unspecified atom stereocenters. The number of rotatable bonds is 8. The highest BCUT2D eigenvalue weighted by Crippen LogP contribution is 2.40. The van der Waals surface area contributed by atoms with Crippen LogP contribution < -0.4 is 20.5 Å². The van der Waals surface area contributed by atoms with E-state index in [1.807, 2.05) is 34.1 Å². The molecule has 38 heavy (non-hydrogen) atoms. The molecule has 3 aliphatic rings. The van der Waals surface area contributed by atoms with Crippen LogP contribution in [0.1, 0.15) is 29.9 Å². The summed E-state index contributed by atoms with van der Waals surface area (Å²) in [5, 5.41) is 0. The van der Waals surface area contributed by atoms with Crippen molar-refractivity contribution in [2.45, 2.75) is 30.8 Å². The summed E-state index contributed by atoms with van der Waals surface area (Å²) in [6.07, 6.45) is 1.02. The van der Waals surface area contributed by atoms with E-state index >= 15 is 0 Å². The van der Waals surface area contributed by atoms with Crippen molar-refractivity contribution in [2.24, 2.45) is 0 Å². The topological polar surface area (TPSA) is 95.6 Å². The number of ether oxygens (including phenoxy) is 3. The van der Waals surface area contributed by atoms with E-state index in [1.54, 1.807) is 19.1 Å². The summed E-state index contributed by atoms with van der Waals surface area (Å²) in [5.74, 6) is 1.18. The van der Waals surface area contributed by atoms with Gasteiger partial charge >= 0.3 is 12.1 Å². The van der Waals surface area contributed by atoms with Gasteiger partial charge in [0.2, 0.25) is 0 Å². The van der Waals surface area contributed by atoms with E-state index < -0.39 is 0 Å². The van der Waals surface area contributed by atoms with Gasteiger partial charge in [0.1, 0.15) is 12.4 Å². The maximum Gasteiger partial charge on any atom is 0.409 e. The van der Waals surface area contributed by atoms with Gasteiger partial charge in [0, 0.05) is 51.4 Å². The number of nitrogens with zero attached hydrogens (tertiary/aromatic N) is 3. The Hall–Kier alpha value is -3.34. The molecule has 0 radical (unpaired) electrons. The van der Waals surface area contributed by atoms with Crippen molar-refractivity contribution < 1.29 is 23.8 Å². The fraction of sp³-hybridized carbons (Fsp3) is 0.500. The summed E-state index contributed by atoms with van der Waals surface area (Å²) in [6.45, 7) is 4.50. The van der Waals surface area contributed by atoms with Gasteiger partial charge in [-0.05, 0) is 48.2 Å². The molecule has 3 heterocycles. The number of carbonyl (C=O) groups excluding carboxylic acids is 2. The normalized spacial score (nSPS) is 19.4. The highest BCUT2D eigenvalue weighted by Gasteiger charge is 2.51. The molecule has 10 nitrogen and oxygen atoms in total. The number of carbonyl (C=O) groups is 2. The van der Waals surface area contributed by atoms with Crippen LogP contribution in [-0.4, -0.2) is 87.6 Å².